The lowest BCUT2D eigenvalue weighted by Crippen LogP contribution is -2.39. The molecular weight excluding hydrogens is 1750 g/mol. The minimum atomic E-state index is -6.20. The van der Waals surface area contributed by atoms with E-state index in [9.17, 15) is 116 Å². The molecule has 5 aliphatic rings. The van der Waals surface area contributed by atoms with E-state index in [2.05, 4.69) is 63.0 Å². The Balaban J connectivity index is 0.736. The van der Waals surface area contributed by atoms with Crippen molar-refractivity contribution in [1.82, 2.24) is 77.7 Å². The van der Waals surface area contributed by atoms with Crippen molar-refractivity contribution >= 4 is 112 Å². The first kappa shape index (κ1) is 87.2. The van der Waals surface area contributed by atoms with Gasteiger partial charge in [0, 0.05) is 18.5 Å². The highest BCUT2D eigenvalue weighted by molar-refractivity contribution is 7.66. The Morgan fingerprint density at radius 1 is 0.393 bits per heavy atom. The number of phosphoric acid groups is 7. The molecule has 642 valence electrons. The highest BCUT2D eigenvalue weighted by Gasteiger charge is 2.57. The molecule has 69 heteroatoms. The Bertz CT molecular complexity index is 5770. The molecule has 0 amide bonds. The minimum Gasteiger partial charge on any atom is -0.387 e. The van der Waals surface area contributed by atoms with Crippen LogP contribution in [-0.4, -0.2) is 272 Å². The number of nitrogens with one attached hydrogen (secondary N) is 3. The lowest BCUT2D eigenvalue weighted by atomic mass is 10.1. The van der Waals surface area contributed by atoms with Gasteiger partial charge in [0.1, 0.15) is 109 Å². The van der Waals surface area contributed by atoms with Gasteiger partial charge in [-0.25, -0.2) is 66.5 Å². The third-order valence-electron chi connectivity index (χ3n) is 17.4. The first-order valence-electron chi connectivity index (χ1n) is 32.5. The van der Waals surface area contributed by atoms with Crippen LogP contribution in [0.15, 0.2) is 73.8 Å². The molecule has 0 spiro atoms. The summed E-state index contributed by atoms with van der Waals surface area (Å²) in [5, 5.41) is 69.0. The molecule has 25 N–H and O–H groups in total. The van der Waals surface area contributed by atoms with Crippen molar-refractivity contribution in [2.24, 2.45) is 0 Å². The Kier molecular flexibility index (Phi) is 24.7. The monoisotopic (exact) mass is 1810 g/mol. The van der Waals surface area contributed by atoms with Crippen LogP contribution < -0.4 is 51.0 Å². The van der Waals surface area contributed by atoms with Crippen molar-refractivity contribution in [2.45, 2.75) is 123 Å². The first-order chi connectivity index (χ1) is 54.6. The Morgan fingerprint density at radius 3 is 1.17 bits per heavy atom. The van der Waals surface area contributed by atoms with E-state index in [1.807, 2.05) is 4.98 Å². The fourth-order valence-electron chi connectivity index (χ4n) is 12.4. The van der Waals surface area contributed by atoms with Gasteiger partial charge in [-0.3, -0.25) is 92.9 Å². The molecule has 0 radical (unpaired) electrons. The molecule has 26 atom stereocenters. The number of nitrogens with two attached hydrogens (primary N) is 4. The van der Waals surface area contributed by atoms with E-state index in [4.69, 9.17) is 92.6 Å². The second kappa shape index (κ2) is 33.1. The predicted octanol–water partition coefficient (Wildman–Crippen LogP) is -7.77. The number of hydrogen-bond acceptors (Lipinski definition) is 46. The quantitative estimate of drug-likeness (QED) is 0.0174. The molecule has 0 aliphatic carbocycles. The number of aromatic nitrogens is 16. The number of imidazole rings is 3. The number of aliphatic hydroxyl groups excluding tert-OH is 6. The van der Waals surface area contributed by atoms with Gasteiger partial charge in [-0.2, -0.15) is 23.6 Å². The Labute approximate surface area is 642 Å². The Morgan fingerprint density at radius 2 is 0.761 bits per heavy atom. The summed E-state index contributed by atoms with van der Waals surface area (Å²) < 4.78 is 180. The van der Waals surface area contributed by atoms with E-state index in [0.29, 0.717) is 9.13 Å². The maximum atomic E-state index is 14.4. The van der Waals surface area contributed by atoms with Crippen LogP contribution in [0.5, 0.6) is 0 Å². The fourth-order valence-corrected chi connectivity index (χ4v) is 19.3. The number of hydrogen-bond donors (Lipinski definition) is 21. The second-order valence-corrected chi connectivity index (χ2v) is 35.2. The van der Waals surface area contributed by atoms with Gasteiger partial charge in [0.25, 0.3) is 16.7 Å². The number of H-pyrrole nitrogens is 3. The van der Waals surface area contributed by atoms with Gasteiger partial charge in [0.05, 0.1) is 52.0 Å². The zero-order chi connectivity index (χ0) is 84.9. The second-order valence-electron chi connectivity index (χ2n) is 25.2. The van der Waals surface area contributed by atoms with E-state index in [-0.39, 0.29) is 17.0 Å². The van der Waals surface area contributed by atoms with Gasteiger partial charge in [0.15, 0.2) is 64.9 Å². The number of nitrogen functional groups attached to an aromatic ring is 4. The van der Waals surface area contributed by atoms with E-state index in [1.54, 1.807) is 0 Å². The SMILES string of the molecule is Nc1ccn([C@@H]2O[C@H](COP(=O)(O)O[C@H]3[C@@H](O)[C@H](n4cnc5c(=O)[nH]c(N)nc54)O[C@@H]3COP(=O)(O)OP(=O)(O)OP(=O)(O)O)[C@@H](OP(=O)(O)OC[C@H]3O[C@@H](n4cnc5c(N)ncnc54)[C@H](O)[C@@H]3OP(=O)(O)OC[C@H]3O[C@@H](n4cnc5c(=O)[nH]c(N)nc54)[C@H](O)[C@@H]3OP(=O)(O)OC[C@H]3O[C@@H](n4ccc(=O)[nH]c4=O)[C@H](O)[C@@H]3O)[C@H]2O)c(=O)n1. The summed E-state index contributed by atoms with van der Waals surface area (Å²) in [5.41, 5.74) is 15.9. The number of aliphatic hydroxyl groups is 6. The van der Waals surface area contributed by atoms with Gasteiger partial charge in [-0.05, 0) is 6.07 Å². The van der Waals surface area contributed by atoms with E-state index >= 15 is 0 Å². The van der Waals surface area contributed by atoms with Gasteiger partial charge in [-0.15, -0.1) is 0 Å². The van der Waals surface area contributed by atoms with Crippen LogP contribution in [0, 0.1) is 0 Å². The molecule has 117 heavy (non-hydrogen) atoms. The lowest BCUT2D eigenvalue weighted by Gasteiger charge is -2.27. The van der Waals surface area contributed by atoms with Crippen molar-refractivity contribution in [3.05, 3.63) is 102 Å². The summed E-state index contributed by atoms with van der Waals surface area (Å²) in [7, 11) is -41.9. The number of rotatable bonds is 32. The van der Waals surface area contributed by atoms with Crippen LogP contribution in [0.4, 0.5) is 23.5 Å². The fraction of sp³-hybridized carbons (Fsp3) is 0.521. The zero-order valence-electron chi connectivity index (χ0n) is 57.6. The zero-order valence-corrected chi connectivity index (χ0v) is 63.9. The van der Waals surface area contributed by atoms with Crippen LogP contribution in [-0.2, 0) is 105 Å². The average Bonchev–Trinajstić information content (AvgIpc) is 1.61. The number of aromatic amines is 3. The third kappa shape index (κ3) is 19.1. The summed E-state index contributed by atoms with van der Waals surface area (Å²) in [4.78, 5) is 184. The first-order valence-corrected chi connectivity index (χ1v) is 43.0. The topological polar surface area (TPSA) is 915 Å². The maximum absolute atomic E-state index is 14.4. The van der Waals surface area contributed by atoms with Gasteiger partial charge in [-0.1, -0.05) is 0 Å². The highest BCUT2D eigenvalue weighted by Crippen LogP contribution is 2.67. The molecule has 6 unspecified atom stereocenters. The van der Waals surface area contributed by atoms with Gasteiger partial charge in [0.2, 0.25) is 11.9 Å². The molecule has 8 aromatic rings. The van der Waals surface area contributed by atoms with Crippen LogP contribution in [0.25, 0.3) is 33.5 Å². The summed E-state index contributed by atoms with van der Waals surface area (Å²) in [6.45, 7) is -7.05. The molecule has 5 aliphatic heterocycles. The minimum absolute atomic E-state index is 0.136. The average molecular weight is 1810 g/mol. The molecule has 5 fully saturated rings. The summed E-state index contributed by atoms with van der Waals surface area (Å²) in [5.74, 6) is -1.71. The molecule has 0 bridgehead atoms. The number of ether oxygens (including phenoxy) is 5. The van der Waals surface area contributed by atoms with Crippen LogP contribution in [0.2, 0.25) is 0 Å². The van der Waals surface area contributed by atoms with Crippen LogP contribution in [0.1, 0.15) is 31.1 Å². The van der Waals surface area contributed by atoms with Crippen molar-refractivity contribution in [3.63, 3.8) is 0 Å². The van der Waals surface area contributed by atoms with Crippen molar-refractivity contribution in [1.29, 1.82) is 0 Å². The van der Waals surface area contributed by atoms with Crippen LogP contribution >= 0.6 is 54.8 Å². The number of nitrogens with zero attached hydrogens (tertiary/aromatic N) is 13. The normalized spacial score (nSPS) is 31.5. The van der Waals surface area contributed by atoms with Crippen molar-refractivity contribution in [3.8, 4) is 0 Å². The molecule has 0 saturated carbocycles. The molecule has 13 heterocycles. The molecule has 13 rings (SSSR count). The Hall–Kier alpha value is -7.58. The molecular formula is C48H63N20O42P7. The molecule has 62 nitrogen and oxygen atoms in total. The van der Waals surface area contributed by atoms with E-state index < -0.39 is 279 Å². The summed E-state index contributed by atoms with van der Waals surface area (Å²) in [6.07, 6.45) is -37.8. The van der Waals surface area contributed by atoms with Crippen molar-refractivity contribution < 1.29 is 175 Å². The van der Waals surface area contributed by atoms with Crippen LogP contribution in [0.3, 0.4) is 0 Å². The summed E-state index contributed by atoms with van der Waals surface area (Å²) in [6, 6.07) is 1.85. The maximum Gasteiger partial charge on any atom is 0.490 e. The van der Waals surface area contributed by atoms with Gasteiger partial charge >= 0.3 is 66.1 Å². The molecule has 0 aromatic carbocycles. The van der Waals surface area contributed by atoms with Crippen molar-refractivity contribution in [2.75, 3.05) is 56.0 Å². The standard InChI is InChI=1S/C48H63N20O42P7/c49-19-1-3-64(47(78)58-19)41-26(72)30(15(101-41)6-96-114(87,88)108-33-18(9-99-116(91,92)110-117(93,94)109-111(80,81)82)104-44(29(33)75)68-13-57-23-37(68)61-46(52)63-39(23)77)105-113(85,86)97-7-16-31(27(73)42(102-16)66-11-55-21-34(50)53-10-54-35(21)66)107-115(89,90)98-8-17-32(28(74)43(103-17)67-12-56-22-36(67)60-45(51)62-38(22)76)106-112(83,84)95-5-14-24(70)25(71)40(100-14)65-4-2-20(69)59-48(65)79/h1-4,10-18,24-33,40-44,70-75H,5-9H2,(H,83,84)(H,85,86)(H,87,88)(H,89,90)(H,91,92)(H,93,94)(H2,49,58,78)(H2,50,53,54)(H,59,69,79)(H2,80,81,82)(H3,51,60,62,76)(H3,52,61,63,77)/t14-,15-,16-,17-,18-,24-,25-,26-,27-,28-,29-,30-,31-,32-,33-,40-,41-,42-,43-,44-/m1/s1. The predicted molar refractivity (Wildman–Crippen MR) is 367 cm³/mol. The van der Waals surface area contributed by atoms with Gasteiger partial charge < -0.3 is 116 Å². The number of fused-ring (bicyclic) bond motifs is 3. The van der Waals surface area contributed by atoms with E-state index in [1.165, 1.54) is 0 Å². The third-order valence-corrected chi connectivity index (χ3v) is 25.1. The smallest absolute Gasteiger partial charge is 0.387 e. The number of phosphoric ester groups is 5. The number of anilines is 4. The molecule has 8 aromatic heterocycles. The highest BCUT2D eigenvalue weighted by atomic mass is 31.3. The summed E-state index contributed by atoms with van der Waals surface area (Å²) >= 11 is 0. The molecule has 5 saturated heterocycles. The largest absolute Gasteiger partial charge is 0.490 e. The lowest BCUT2D eigenvalue weighted by molar-refractivity contribution is -0.0650. The van der Waals surface area contributed by atoms with E-state index in [0.717, 1.165) is 63.5 Å².